The van der Waals surface area contributed by atoms with Crippen molar-refractivity contribution in [3.63, 3.8) is 0 Å². The van der Waals surface area contributed by atoms with Gasteiger partial charge in [0.05, 0.1) is 13.5 Å². The molecule has 1 aromatic rings. The number of aromatic hydroxyl groups is 1. The summed E-state index contributed by atoms with van der Waals surface area (Å²) < 4.78 is 5.07. The third kappa shape index (κ3) is 4.96. The van der Waals surface area contributed by atoms with Crippen molar-refractivity contribution in [1.29, 1.82) is 0 Å². The number of methoxy groups -OCH3 is 1. The lowest BCUT2D eigenvalue weighted by molar-refractivity contribution is -0.121. The molecule has 0 saturated heterocycles. The summed E-state index contributed by atoms with van der Waals surface area (Å²) in [6, 6.07) is 5.36. The van der Waals surface area contributed by atoms with E-state index in [9.17, 15) is 9.90 Å². The minimum absolute atomic E-state index is 0.0494. The normalized spacial score (nSPS) is 16.8. The molecule has 0 heterocycles. The highest BCUT2D eigenvalue weighted by atomic mass is 16.5. The number of phenolic OH excluding ortho intramolecular Hbond substituents is 1. The summed E-state index contributed by atoms with van der Waals surface area (Å²) in [4.78, 5) is 12.1. The molecule has 0 unspecified atom stereocenters. The van der Waals surface area contributed by atoms with E-state index in [0.717, 1.165) is 18.4 Å². The Labute approximate surface area is 126 Å². The minimum Gasteiger partial charge on any atom is -0.504 e. The van der Waals surface area contributed by atoms with Gasteiger partial charge in [-0.05, 0) is 30.5 Å². The second-order valence-electron chi connectivity index (χ2n) is 5.79. The maximum absolute atomic E-state index is 12.1. The van der Waals surface area contributed by atoms with Gasteiger partial charge in [-0.1, -0.05) is 38.2 Å². The Morgan fingerprint density at radius 3 is 2.57 bits per heavy atom. The first-order valence-corrected chi connectivity index (χ1v) is 7.84. The Bertz CT molecular complexity index is 465. The van der Waals surface area contributed by atoms with Crippen LogP contribution in [0.3, 0.4) is 0 Å². The van der Waals surface area contributed by atoms with E-state index in [0.29, 0.717) is 18.2 Å². The zero-order valence-electron chi connectivity index (χ0n) is 12.7. The van der Waals surface area contributed by atoms with Crippen LogP contribution in [0.5, 0.6) is 11.5 Å². The Balaban J connectivity index is 1.88. The van der Waals surface area contributed by atoms with Gasteiger partial charge < -0.3 is 15.2 Å². The molecule has 1 aliphatic rings. The highest BCUT2D eigenvalue weighted by molar-refractivity contribution is 5.79. The third-order valence-electron chi connectivity index (χ3n) is 4.08. The lowest BCUT2D eigenvalue weighted by Gasteiger charge is -2.21. The zero-order chi connectivity index (χ0) is 15.1. The standard InChI is InChI=1S/C17H25NO3/c1-21-16-11-13(9-10-15(16)19)12-17(20)18-14-7-5-3-2-4-6-8-14/h9-11,14,19H,2-8,12H2,1H3,(H,18,20). The Kier molecular flexibility index (Phi) is 5.90. The number of phenols is 1. The summed E-state index contributed by atoms with van der Waals surface area (Å²) in [5.41, 5.74) is 0.855. The van der Waals surface area contributed by atoms with Crippen LogP contribution < -0.4 is 10.1 Å². The summed E-state index contributed by atoms with van der Waals surface area (Å²) in [5.74, 6) is 0.557. The number of amides is 1. The molecule has 116 valence electrons. The maximum Gasteiger partial charge on any atom is 0.224 e. The van der Waals surface area contributed by atoms with Crippen molar-refractivity contribution in [1.82, 2.24) is 5.32 Å². The number of nitrogens with one attached hydrogen (secondary N) is 1. The smallest absolute Gasteiger partial charge is 0.224 e. The van der Waals surface area contributed by atoms with Gasteiger partial charge in [0, 0.05) is 6.04 Å². The van der Waals surface area contributed by atoms with Gasteiger partial charge in [-0.15, -0.1) is 0 Å². The van der Waals surface area contributed by atoms with Gasteiger partial charge in [0.1, 0.15) is 0 Å². The van der Waals surface area contributed by atoms with Crippen LogP contribution in [0.1, 0.15) is 50.5 Å². The van der Waals surface area contributed by atoms with Crippen LogP contribution >= 0.6 is 0 Å². The van der Waals surface area contributed by atoms with E-state index in [4.69, 9.17) is 4.74 Å². The van der Waals surface area contributed by atoms with Gasteiger partial charge in [-0.25, -0.2) is 0 Å². The van der Waals surface area contributed by atoms with Crippen LogP contribution in [0.4, 0.5) is 0 Å². The fourth-order valence-corrected chi connectivity index (χ4v) is 2.90. The van der Waals surface area contributed by atoms with Crippen LogP contribution in [0.2, 0.25) is 0 Å². The first kappa shape index (κ1) is 15.7. The maximum atomic E-state index is 12.1. The fourth-order valence-electron chi connectivity index (χ4n) is 2.90. The molecule has 0 bridgehead atoms. The Morgan fingerprint density at radius 2 is 1.90 bits per heavy atom. The van der Waals surface area contributed by atoms with Crippen LogP contribution in [0.25, 0.3) is 0 Å². The molecule has 4 heteroatoms. The quantitative estimate of drug-likeness (QED) is 0.895. The topological polar surface area (TPSA) is 58.6 Å². The summed E-state index contributed by atoms with van der Waals surface area (Å²) in [7, 11) is 1.51. The van der Waals surface area contributed by atoms with Crippen molar-refractivity contribution in [2.24, 2.45) is 0 Å². The molecule has 21 heavy (non-hydrogen) atoms. The van der Waals surface area contributed by atoms with E-state index in [1.807, 2.05) is 0 Å². The molecule has 2 N–H and O–H groups in total. The summed E-state index contributed by atoms with van der Waals surface area (Å²) in [5, 5.41) is 12.7. The van der Waals surface area contributed by atoms with Gasteiger partial charge >= 0.3 is 0 Å². The minimum atomic E-state index is 0.0494. The Morgan fingerprint density at radius 1 is 1.24 bits per heavy atom. The highest BCUT2D eigenvalue weighted by Gasteiger charge is 2.14. The van der Waals surface area contributed by atoms with Gasteiger partial charge in [0.15, 0.2) is 11.5 Å². The van der Waals surface area contributed by atoms with Crippen LogP contribution in [-0.2, 0) is 11.2 Å². The van der Waals surface area contributed by atoms with Gasteiger partial charge in [-0.2, -0.15) is 0 Å². The number of carbonyl (C=O) groups excluding carboxylic acids is 1. The summed E-state index contributed by atoms with van der Waals surface area (Å²) in [6.07, 6.45) is 8.80. The second kappa shape index (κ2) is 7.91. The van der Waals surface area contributed by atoms with E-state index >= 15 is 0 Å². The van der Waals surface area contributed by atoms with Crippen LogP contribution in [-0.4, -0.2) is 24.2 Å². The molecule has 0 atom stereocenters. The highest BCUT2D eigenvalue weighted by Crippen LogP contribution is 2.26. The predicted molar refractivity (Wildman–Crippen MR) is 82.6 cm³/mol. The van der Waals surface area contributed by atoms with Gasteiger partial charge in [0.2, 0.25) is 5.91 Å². The van der Waals surface area contributed by atoms with Crippen molar-refractivity contribution in [3.05, 3.63) is 23.8 Å². The van der Waals surface area contributed by atoms with Crippen molar-refractivity contribution >= 4 is 5.91 Å². The molecule has 4 nitrogen and oxygen atoms in total. The van der Waals surface area contributed by atoms with Crippen LogP contribution in [0, 0.1) is 0 Å². The van der Waals surface area contributed by atoms with Crippen molar-refractivity contribution in [2.45, 2.75) is 57.4 Å². The van der Waals surface area contributed by atoms with Crippen LogP contribution in [0.15, 0.2) is 18.2 Å². The van der Waals surface area contributed by atoms with E-state index < -0.39 is 0 Å². The first-order chi connectivity index (χ1) is 10.2. The largest absolute Gasteiger partial charge is 0.504 e. The predicted octanol–water partition coefficient (Wildman–Crippen LogP) is 3.17. The molecule has 1 amide bonds. The molecule has 0 aliphatic heterocycles. The van der Waals surface area contributed by atoms with Gasteiger partial charge in [0.25, 0.3) is 0 Å². The second-order valence-corrected chi connectivity index (χ2v) is 5.79. The van der Waals surface area contributed by atoms with Gasteiger partial charge in [-0.3, -0.25) is 4.79 Å². The molecule has 1 aliphatic carbocycles. The fraction of sp³-hybridized carbons (Fsp3) is 0.588. The molecule has 0 spiro atoms. The monoisotopic (exact) mass is 291 g/mol. The molecule has 1 fully saturated rings. The molecule has 2 rings (SSSR count). The number of benzene rings is 1. The number of hydrogen-bond acceptors (Lipinski definition) is 3. The van der Waals surface area contributed by atoms with Crippen molar-refractivity contribution in [2.75, 3.05) is 7.11 Å². The molecular formula is C17H25NO3. The van der Waals surface area contributed by atoms with Crippen molar-refractivity contribution < 1.29 is 14.6 Å². The summed E-state index contributed by atoms with van der Waals surface area (Å²) >= 11 is 0. The first-order valence-electron chi connectivity index (χ1n) is 7.84. The SMILES string of the molecule is COc1cc(CC(=O)NC2CCCCCCC2)ccc1O. The third-order valence-corrected chi connectivity index (χ3v) is 4.08. The number of ether oxygens (including phenoxy) is 1. The number of carbonyl (C=O) groups is 1. The number of rotatable bonds is 4. The Hall–Kier alpha value is -1.71. The lowest BCUT2D eigenvalue weighted by Crippen LogP contribution is -2.36. The average molecular weight is 291 g/mol. The molecule has 0 radical (unpaired) electrons. The molecule has 1 saturated carbocycles. The molecular weight excluding hydrogens is 266 g/mol. The van der Waals surface area contributed by atoms with E-state index in [2.05, 4.69) is 5.32 Å². The summed E-state index contributed by atoms with van der Waals surface area (Å²) in [6.45, 7) is 0. The van der Waals surface area contributed by atoms with E-state index in [-0.39, 0.29) is 11.7 Å². The number of hydrogen-bond donors (Lipinski definition) is 2. The molecule has 0 aromatic heterocycles. The zero-order valence-corrected chi connectivity index (χ0v) is 12.7. The van der Waals surface area contributed by atoms with E-state index in [1.54, 1.807) is 18.2 Å². The lowest BCUT2D eigenvalue weighted by atomic mass is 9.96. The van der Waals surface area contributed by atoms with E-state index in [1.165, 1.54) is 39.2 Å². The molecule has 1 aromatic carbocycles. The van der Waals surface area contributed by atoms with Crippen molar-refractivity contribution in [3.8, 4) is 11.5 Å². The average Bonchev–Trinajstić information content (AvgIpc) is 2.44.